The zero-order chi connectivity index (χ0) is 17.9. The average Bonchev–Trinajstić information content (AvgIpc) is 3.31. The minimum absolute atomic E-state index is 0.0653. The number of piperidine rings is 1. The molecule has 2 aliphatic rings. The first-order chi connectivity index (χ1) is 12.7. The van der Waals surface area contributed by atoms with Crippen molar-refractivity contribution in [1.82, 2.24) is 20.4 Å². The first-order valence-corrected chi connectivity index (χ1v) is 9.61. The Morgan fingerprint density at radius 1 is 1.31 bits per heavy atom. The van der Waals surface area contributed by atoms with Crippen molar-refractivity contribution in [2.75, 3.05) is 19.6 Å². The van der Waals surface area contributed by atoms with Gasteiger partial charge in [0.1, 0.15) is 6.04 Å². The largest absolute Gasteiger partial charge is 0.337 e. The van der Waals surface area contributed by atoms with Gasteiger partial charge >= 0.3 is 0 Å². The Morgan fingerprint density at radius 3 is 2.92 bits per heavy atom. The van der Waals surface area contributed by atoms with Crippen LogP contribution in [0, 0.1) is 12.8 Å². The number of hydrogen-bond acceptors (Lipinski definition) is 5. The summed E-state index contributed by atoms with van der Waals surface area (Å²) >= 11 is 0. The van der Waals surface area contributed by atoms with Crippen molar-refractivity contribution >= 4 is 5.91 Å². The number of carbonyl (C=O) groups excluding carboxylic acids is 1. The number of aromatic nitrogens is 2. The molecule has 2 fully saturated rings. The Hall–Kier alpha value is -2.21. The second kappa shape index (κ2) is 7.58. The van der Waals surface area contributed by atoms with Gasteiger partial charge in [-0.05, 0) is 75.7 Å². The van der Waals surface area contributed by atoms with Gasteiger partial charge in [-0.15, -0.1) is 0 Å². The van der Waals surface area contributed by atoms with Crippen LogP contribution in [0.15, 0.2) is 28.8 Å². The van der Waals surface area contributed by atoms with Crippen LogP contribution in [0.3, 0.4) is 0 Å². The lowest BCUT2D eigenvalue weighted by Gasteiger charge is -2.24. The van der Waals surface area contributed by atoms with E-state index in [9.17, 15) is 4.79 Å². The predicted octanol–water partition coefficient (Wildman–Crippen LogP) is 2.90. The van der Waals surface area contributed by atoms with Crippen LogP contribution >= 0.6 is 0 Å². The molecule has 1 unspecified atom stereocenters. The van der Waals surface area contributed by atoms with Gasteiger partial charge in [-0.25, -0.2) is 0 Å². The van der Waals surface area contributed by atoms with Gasteiger partial charge in [0.15, 0.2) is 5.82 Å². The van der Waals surface area contributed by atoms with Gasteiger partial charge in [0, 0.05) is 12.1 Å². The number of nitrogens with zero attached hydrogens (tertiary/aromatic N) is 3. The smallest absolute Gasteiger partial charge is 0.254 e. The summed E-state index contributed by atoms with van der Waals surface area (Å²) < 4.78 is 5.33. The van der Waals surface area contributed by atoms with Crippen molar-refractivity contribution in [3.63, 3.8) is 0 Å². The highest BCUT2D eigenvalue weighted by atomic mass is 16.5. The topological polar surface area (TPSA) is 71.3 Å². The van der Waals surface area contributed by atoms with Gasteiger partial charge in [0.2, 0.25) is 5.89 Å². The minimum atomic E-state index is -0.100. The van der Waals surface area contributed by atoms with Gasteiger partial charge in [-0.1, -0.05) is 17.3 Å². The van der Waals surface area contributed by atoms with E-state index in [-0.39, 0.29) is 11.9 Å². The van der Waals surface area contributed by atoms with Gasteiger partial charge < -0.3 is 14.7 Å². The monoisotopic (exact) mass is 354 g/mol. The minimum Gasteiger partial charge on any atom is -0.337 e. The zero-order valence-corrected chi connectivity index (χ0v) is 15.3. The van der Waals surface area contributed by atoms with Crippen molar-refractivity contribution in [2.45, 2.75) is 45.1 Å². The lowest BCUT2D eigenvalue weighted by atomic mass is 9.90. The maximum atomic E-state index is 13.1. The summed E-state index contributed by atoms with van der Waals surface area (Å²) in [6.45, 7) is 4.74. The van der Waals surface area contributed by atoms with Gasteiger partial charge in [0.25, 0.3) is 5.91 Å². The number of hydrogen-bond donors (Lipinski definition) is 1. The molecule has 138 valence electrons. The van der Waals surface area contributed by atoms with Crippen LogP contribution in [-0.2, 0) is 6.42 Å². The van der Waals surface area contributed by atoms with Crippen LogP contribution in [0.2, 0.25) is 0 Å². The van der Waals surface area contributed by atoms with E-state index >= 15 is 0 Å². The fraction of sp³-hybridized carbons (Fsp3) is 0.550. The van der Waals surface area contributed by atoms with Crippen molar-refractivity contribution in [3.05, 3.63) is 47.1 Å². The van der Waals surface area contributed by atoms with Crippen LogP contribution in [0.1, 0.15) is 59.4 Å². The zero-order valence-electron chi connectivity index (χ0n) is 15.3. The first kappa shape index (κ1) is 17.2. The molecular formula is C20H26N4O2. The molecule has 0 bridgehead atoms. The number of carbonyl (C=O) groups is 1. The standard InChI is InChI=1S/C20H26N4O2/c1-14-22-19(26-23-14)18-6-3-11-24(18)20(25)17-5-2-4-16(13-17)12-15-7-9-21-10-8-15/h2,4-5,13,15,18,21H,3,6-12H2,1H3. The van der Waals surface area contributed by atoms with Crippen LogP contribution in [-0.4, -0.2) is 40.6 Å². The third-order valence-corrected chi connectivity index (χ3v) is 5.50. The number of likely N-dealkylation sites (tertiary alicyclic amines) is 1. The van der Waals surface area contributed by atoms with Crippen molar-refractivity contribution in [2.24, 2.45) is 5.92 Å². The van der Waals surface area contributed by atoms with Crippen LogP contribution < -0.4 is 5.32 Å². The summed E-state index contributed by atoms with van der Waals surface area (Å²) in [4.78, 5) is 19.3. The summed E-state index contributed by atoms with van der Waals surface area (Å²) in [7, 11) is 0. The molecular weight excluding hydrogens is 328 g/mol. The van der Waals surface area contributed by atoms with Crippen LogP contribution in [0.5, 0.6) is 0 Å². The Balaban J connectivity index is 1.49. The highest BCUT2D eigenvalue weighted by Gasteiger charge is 2.34. The fourth-order valence-electron chi connectivity index (χ4n) is 4.13. The molecule has 1 N–H and O–H groups in total. The molecule has 6 nitrogen and oxygen atoms in total. The highest BCUT2D eigenvalue weighted by Crippen LogP contribution is 2.32. The Labute approximate surface area is 154 Å². The van der Waals surface area contributed by atoms with Gasteiger partial charge in [-0.3, -0.25) is 4.79 Å². The number of benzene rings is 1. The first-order valence-electron chi connectivity index (χ1n) is 9.61. The van der Waals surface area contributed by atoms with E-state index in [0.717, 1.165) is 44.5 Å². The molecule has 2 saturated heterocycles. The number of amides is 1. The molecule has 0 spiro atoms. The molecule has 2 aromatic rings. The van der Waals surface area contributed by atoms with Crippen LogP contribution in [0.4, 0.5) is 0 Å². The second-order valence-corrected chi connectivity index (χ2v) is 7.43. The number of aryl methyl sites for hydroxylation is 1. The van der Waals surface area contributed by atoms with E-state index in [1.807, 2.05) is 17.0 Å². The third-order valence-electron chi connectivity index (χ3n) is 5.50. The van der Waals surface area contributed by atoms with E-state index in [0.29, 0.717) is 17.6 Å². The summed E-state index contributed by atoms with van der Waals surface area (Å²) in [5, 5.41) is 7.29. The maximum Gasteiger partial charge on any atom is 0.254 e. The van der Waals surface area contributed by atoms with E-state index in [2.05, 4.69) is 27.6 Å². The van der Waals surface area contributed by atoms with E-state index in [1.54, 1.807) is 6.92 Å². The molecule has 1 amide bonds. The average molecular weight is 354 g/mol. The molecule has 2 aliphatic heterocycles. The molecule has 1 aromatic heterocycles. The Kier molecular flexibility index (Phi) is 5.02. The molecule has 0 aliphatic carbocycles. The lowest BCUT2D eigenvalue weighted by molar-refractivity contribution is 0.0710. The quantitative estimate of drug-likeness (QED) is 0.914. The molecule has 26 heavy (non-hydrogen) atoms. The molecule has 0 saturated carbocycles. The summed E-state index contributed by atoms with van der Waals surface area (Å²) in [5.74, 6) is 1.94. The summed E-state index contributed by atoms with van der Waals surface area (Å²) in [6, 6.07) is 8.03. The molecule has 0 radical (unpaired) electrons. The summed E-state index contributed by atoms with van der Waals surface area (Å²) in [5.41, 5.74) is 2.02. The third kappa shape index (κ3) is 3.65. The van der Waals surface area contributed by atoms with Crippen molar-refractivity contribution < 1.29 is 9.32 Å². The maximum absolute atomic E-state index is 13.1. The molecule has 3 heterocycles. The molecule has 1 atom stereocenters. The molecule has 6 heteroatoms. The lowest BCUT2D eigenvalue weighted by Crippen LogP contribution is -2.31. The van der Waals surface area contributed by atoms with Crippen molar-refractivity contribution in [1.29, 1.82) is 0 Å². The van der Waals surface area contributed by atoms with Gasteiger partial charge in [-0.2, -0.15) is 4.98 Å². The predicted molar refractivity (Wildman–Crippen MR) is 97.8 cm³/mol. The number of rotatable bonds is 4. The van der Waals surface area contributed by atoms with E-state index < -0.39 is 0 Å². The SMILES string of the molecule is Cc1noc(C2CCCN2C(=O)c2cccc(CC3CCNCC3)c2)n1. The Morgan fingerprint density at radius 2 is 2.15 bits per heavy atom. The van der Waals surface area contributed by atoms with E-state index in [4.69, 9.17) is 4.52 Å². The second-order valence-electron chi connectivity index (χ2n) is 7.43. The van der Waals surface area contributed by atoms with Gasteiger partial charge in [0.05, 0.1) is 0 Å². The molecule has 1 aromatic carbocycles. The summed E-state index contributed by atoms with van der Waals surface area (Å²) in [6.07, 6.45) is 5.32. The van der Waals surface area contributed by atoms with E-state index in [1.165, 1.54) is 18.4 Å². The Bertz CT molecular complexity index is 767. The molecule has 4 rings (SSSR count). The van der Waals surface area contributed by atoms with Crippen molar-refractivity contribution in [3.8, 4) is 0 Å². The highest BCUT2D eigenvalue weighted by molar-refractivity contribution is 5.94. The number of nitrogens with one attached hydrogen (secondary N) is 1. The fourth-order valence-corrected chi connectivity index (χ4v) is 4.13. The normalized spacial score (nSPS) is 21.3. The van der Waals surface area contributed by atoms with Crippen LogP contribution in [0.25, 0.3) is 0 Å².